The molecule has 166 valence electrons. The minimum atomic E-state index is -0.288. The number of para-hydroxylation sites is 1. The summed E-state index contributed by atoms with van der Waals surface area (Å²) in [5.41, 5.74) is 4.46. The van der Waals surface area contributed by atoms with Crippen molar-refractivity contribution in [1.82, 2.24) is 25.1 Å². The van der Waals surface area contributed by atoms with E-state index in [0.29, 0.717) is 17.5 Å². The molecule has 2 aromatic heterocycles. The van der Waals surface area contributed by atoms with Gasteiger partial charge in [-0.05, 0) is 69.7 Å². The van der Waals surface area contributed by atoms with Gasteiger partial charge in [0, 0.05) is 24.5 Å². The second-order valence-corrected chi connectivity index (χ2v) is 9.39. The van der Waals surface area contributed by atoms with Crippen molar-refractivity contribution in [2.45, 2.75) is 56.4 Å². The molecule has 6 nitrogen and oxygen atoms in total. The van der Waals surface area contributed by atoms with Crippen LogP contribution in [0.5, 0.6) is 0 Å². The first-order valence-corrected chi connectivity index (χ1v) is 12.1. The molecule has 0 spiro atoms. The average molecular weight is 448 g/mol. The number of aromatic nitrogens is 4. The van der Waals surface area contributed by atoms with Crippen LogP contribution in [-0.4, -0.2) is 37.5 Å². The van der Waals surface area contributed by atoms with E-state index in [1.54, 1.807) is 12.4 Å². The van der Waals surface area contributed by atoms with Gasteiger partial charge < -0.3 is 5.32 Å². The van der Waals surface area contributed by atoms with E-state index in [0.717, 1.165) is 29.7 Å². The number of rotatable bonds is 8. The lowest BCUT2D eigenvalue weighted by Gasteiger charge is -2.16. The summed E-state index contributed by atoms with van der Waals surface area (Å²) < 4.78 is 2.02. The summed E-state index contributed by atoms with van der Waals surface area (Å²) in [7, 11) is 0. The van der Waals surface area contributed by atoms with Gasteiger partial charge in [0.25, 0.3) is 0 Å². The lowest BCUT2D eigenvalue weighted by Crippen LogP contribution is -2.32. The number of thioether (sulfide) groups is 1. The molecule has 0 unspecified atom stereocenters. The zero-order valence-corrected chi connectivity index (χ0v) is 19.4. The van der Waals surface area contributed by atoms with Crippen LogP contribution in [0.25, 0.3) is 17.1 Å². The molecule has 1 aromatic carbocycles. The fourth-order valence-corrected chi connectivity index (χ4v) is 4.78. The molecule has 3 aromatic rings. The van der Waals surface area contributed by atoms with Crippen molar-refractivity contribution < 1.29 is 4.79 Å². The molecule has 1 N–H and O–H groups in total. The summed E-state index contributed by atoms with van der Waals surface area (Å²) in [5.74, 6) is 0.736. The molecule has 32 heavy (non-hydrogen) atoms. The van der Waals surface area contributed by atoms with E-state index in [-0.39, 0.29) is 11.2 Å². The van der Waals surface area contributed by atoms with E-state index >= 15 is 0 Å². The molecule has 1 aliphatic rings. The second-order valence-electron chi connectivity index (χ2n) is 8.08. The highest BCUT2D eigenvalue weighted by Crippen LogP contribution is 2.31. The van der Waals surface area contributed by atoms with Gasteiger partial charge in [0.1, 0.15) is 0 Å². The molecule has 0 fully saturated rings. The van der Waals surface area contributed by atoms with Crippen molar-refractivity contribution in [1.29, 1.82) is 0 Å². The van der Waals surface area contributed by atoms with Crippen molar-refractivity contribution in [2.75, 3.05) is 6.54 Å². The Hall–Kier alpha value is -2.93. The summed E-state index contributed by atoms with van der Waals surface area (Å²) in [5, 5.41) is 12.4. The van der Waals surface area contributed by atoms with Crippen LogP contribution >= 0.6 is 11.8 Å². The summed E-state index contributed by atoms with van der Waals surface area (Å²) in [6.45, 7) is 4.66. The Morgan fingerprint density at radius 3 is 2.81 bits per heavy atom. The molecule has 0 aliphatic heterocycles. The first kappa shape index (κ1) is 22.3. The Kier molecular flexibility index (Phi) is 7.37. The Morgan fingerprint density at radius 2 is 2.06 bits per heavy atom. The van der Waals surface area contributed by atoms with Crippen LogP contribution in [-0.2, 0) is 4.79 Å². The summed E-state index contributed by atoms with van der Waals surface area (Å²) in [4.78, 5) is 17.0. The van der Waals surface area contributed by atoms with Crippen LogP contribution in [0, 0.1) is 6.92 Å². The molecule has 1 aliphatic carbocycles. The number of carbonyl (C=O) groups excluding carboxylic acids is 1. The second kappa shape index (κ2) is 10.6. The van der Waals surface area contributed by atoms with Gasteiger partial charge in [-0.3, -0.25) is 14.3 Å². The first-order valence-electron chi connectivity index (χ1n) is 11.2. The highest BCUT2D eigenvalue weighted by atomic mass is 32.2. The minimum Gasteiger partial charge on any atom is -0.355 e. The third kappa shape index (κ3) is 5.27. The minimum absolute atomic E-state index is 0.0219. The maximum absolute atomic E-state index is 12.8. The fraction of sp³-hybridized carbons (Fsp3) is 0.360. The number of hydrogen-bond acceptors (Lipinski definition) is 5. The number of nitrogens with zero attached hydrogens (tertiary/aromatic N) is 4. The van der Waals surface area contributed by atoms with Crippen LogP contribution in [0.2, 0.25) is 0 Å². The number of carbonyl (C=O) groups is 1. The highest BCUT2D eigenvalue weighted by molar-refractivity contribution is 8.00. The van der Waals surface area contributed by atoms with Crippen molar-refractivity contribution in [3.8, 4) is 17.1 Å². The standard InChI is InChI=1S/C25H29N5OS/c1-18-9-6-7-13-22(18)30-23(21-12-8-15-26-17-21)28-29-25(30)32-19(2)24(31)27-16-14-20-10-4-3-5-11-20/h6-10,12-13,15,17,19H,3-5,11,14,16H2,1-2H3,(H,27,31)/t19-/m0/s1. The smallest absolute Gasteiger partial charge is 0.233 e. The summed E-state index contributed by atoms with van der Waals surface area (Å²) in [6.07, 6.45) is 11.7. The SMILES string of the molecule is Cc1ccccc1-n1c(S[C@@H](C)C(=O)NCCC2=CCCCC2)nnc1-c1cccnc1. The van der Waals surface area contributed by atoms with Gasteiger partial charge >= 0.3 is 0 Å². The number of aryl methyl sites for hydroxylation is 1. The maximum atomic E-state index is 12.8. The molecule has 2 heterocycles. The lowest BCUT2D eigenvalue weighted by molar-refractivity contribution is -0.120. The quantitative estimate of drug-likeness (QED) is 0.383. The summed E-state index contributed by atoms with van der Waals surface area (Å²) >= 11 is 1.43. The lowest BCUT2D eigenvalue weighted by atomic mass is 9.97. The van der Waals surface area contributed by atoms with Gasteiger partial charge in [0.2, 0.25) is 5.91 Å². The van der Waals surface area contributed by atoms with Crippen LogP contribution in [0.1, 0.15) is 44.6 Å². The molecule has 0 saturated carbocycles. The van der Waals surface area contributed by atoms with E-state index in [4.69, 9.17) is 0 Å². The van der Waals surface area contributed by atoms with Gasteiger partial charge in [-0.15, -0.1) is 10.2 Å². The fourth-order valence-electron chi connectivity index (χ4n) is 3.89. The molecule has 7 heteroatoms. The number of allylic oxidation sites excluding steroid dienone is 1. The zero-order chi connectivity index (χ0) is 22.3. The number of nitrogens with one attached hydrogen (secondary N) is 1. The van der Waals surface area contributed by atoms with E-state index in [1.165, 1.54) is 36.6 Å². The van der Waals surface area contributed by atoms with Gasteiger partial charge in [0.05, 0.1) is 10.9 Å². The Bertz CT molecular complexity index is 1090. The molecule has 0 saturated heterocycles. The number of benzene rings is 1. The Balaban J connectivity index is 1.51. The Labute approximate surface area is 193 Å². The van der Waals surface area contributed by atoms with Gasteiger partial charge in [-0.25, -0.2) is 0 Å². The predicted molar refractivity (Wildman–Crippen MR) is 129 cm³/mol. The first-order chi connectivity index (χ1) is 15.6. The van der Waals surface area contributed by atoms with Crippen molar-refractivity contribution >= 4 is 17.7 Å². The average Bonchev–Trinajstić information content (AvgIpc) is 3.23. The maximum Gasteiger partial charge on any atom is 0.233 e. The van der Waals surface area contributed by atoms with E-state index < -0.39 is 0 Å². The molecule has 0 bridgehead atoms. The van der Waals surface area contributed by atoms with Crippen LogP contribution in [0.3, 0.4) is 0 Å². The third-order valence-corrected chi connectivity index (χ3v) is 6.73. The van der Waals surface area contributed by atoms with Crippen molar-refractivity contribution in [2.24, 2.45) is 0 Å². The van der Waals surface area contributed by atoms with Crippen LogP contribution in [0.4, 0.5) is 0 Å². The van der Waals surface area contributed by atoms with E-state index in [2.05, 4.69) is 39.6 Å². The summed E-state index contributed by atoms with van der Waals surface area (Å²) in [6, 6.07) is 12.0. The van der Waals surface area contributed by atoms with E-state index in [9.17, 15) is 4.79 Å². The third-order valence-electron chi connectivity index (χ3n) is 5.69. The monoisotopic (exact) mass is 447 g/mol. The van der Waals surface area contributed by atoms with Gasteiger partial charge in [0.15, 0.2) is 11.0 Å². The molecular formula is C25H29N5OS. The topological polar surface area (TPSA) is 72.7 Å². The Morgan fingerprint density at radius 1 is 1.19 bits per heavy atom. The largest absolute Gasteiger partial charge is 0.355 e. The molecular weight excluding hydrogens is 418 g/mol. The van der Waals surface area contributed by atoms with Crippen molar-refractivity contribution in [3.05, 3.63) is 66.0 Å². The highest BCUT2D eigenvalue weighted by Gasteiger charge is 2.22. The van der Waals surface area contributed by atoms with Crippen molar-refractivity contribution in [3.63, 3.8) is 0 Å². The molecule has 4 rings (SSSR count). The van der Waals surface area contributed by atoms with Crippen LogP contribution < -0.4 is 5.32 Å². The number of amides is 1. The normalized spacial score (nSPS) is 14.6. The molecule has 1 atom stereocenters. The molecule has 0 radical (unpaired) electrons. The number of pyridine rings is 1. The molecule has 1 amide bonds. The predicted octanol–water partition coefficient (Wildman–Crippen LogP) is 5.13. The van der Waals surface area contributed by atoms with Crippen LogP contribution in [0.15, 0.2) is 65.6 Å². The van der Waals surface area contributed by atoms with Gasteiger partial charge in [-0.1, -0.05) is 41.6 Å². The zero-order valence-electron chi connectivity index (χ0n) is 18.6. The van der Waals surface area contributed by atoms with E-state index in [1.807, 2.05) is 41.8 Å². The number of hydrogen-bond donors (Lipinski definition) is 1. The van der Waals surface area contributed by atoms with Gasteiger partial charge in [-0.2, -0.15) is 0 Å².